The molecule has 13 heavy (non-hydrogen) atoms. The lowest BCUT2D eigenvalue weighted by molar-refractivity contribution is -0.119. The number of hydrogen-bond donors (Lipinski definition) is 1. The minimum Gasteiger partial charge on any atom is -0.388 e. The summed E-state index contributed by atoms with van der Waals surface area (Å²) in [7, 11) is 0. The fourth-order valence-electron chi connectivity index (χ4n) is 1.40. The first-order chi connectivity index (χ1) is 6.25. The van der Waals surface area contributed by atoms with Crippen molar-refractivity contribution < 1.29 is 9.90 Å². The first-order valence-corrected chi connectivity index (χ1v) is 4.80. The molecule has 72 valence electrons. The molecule has 0 amide bonds. The first-order valence-electron chi connectivity index (χ1n) is 4.80. The van der Waals surface area contributed by atoms with Crippen molar-refractivity contribution in [1.82, 2.24) is 0 Å². The van der Waals surface area contributed by atoms with Gasteiger partial charge in [0, 0.05) is 0 Å². The van der Waals surface area contributed by atoms with Gasteiger partial charge in [0.05, 0.1) is 12.0 Å². The molecule has 1 aliphatic carbocycles. The highest BCUT2D eigenvalue weighted by Crippen LogP contribution is 2.19. The van der Waals surface area contributed by atoms with Gasteiger partial charge in [-0.25, -0.2) is 0 Å². The van der Waals surface area contributed by atoms with Crippen molar-refractivity contribution in [3.63, 3.8) is 0 Å². The van der Waals surface area contributed by atoms with Crippen molar-refractivity contribution in [3.8, 4) is 0 Å². The zero-order valence-corrected chi connectivity index (χ0v) is 7.94. The highest BCUT2D eigenvalue weighted by molar-refractivity contribution is 5.95. The normalized spacial score (nSPS) is 27.7. The standard InChI is InChI=1S/C11H16O2/c1-2-3-4-5-6-9-10(12)7-8-11(9)13/h4-5,7-10,12H,2-3,6H2,1H3/b5-4-. The van der Waals surface area contributed by atoms with E-state index in [4.69, 9.17) is 0 Å². The molecule has 0 aromatic rings. The summed E-state index contributed by atoms with van der Waals surface area (Å²) in [6, 6.07) is 0. The van der Waals surface area contributed by atoms with Gasteiger partial charge in [-0.1, -0.05) is 31.6 Å². The maximum atomic E-state index is 11.2. The van der Waals surface area contributed by atoms with Crippen LogP contribution >= 0.6 is 0 Å². The van der Waals surface area contributed by atoms with E-state index in [9.17, 15) is 9.90 Å². The number of hydrogen-bond acceptors (Lipinski definition) is 2. The molecule has 1 aliphatic rings. The molecule has 1 rings (SSSR count). The van der Waals surface area contributed by atoms with Crippen molar-refractivity contribution in [2.75, 3.05) is 0 Å². The van der Waals surface area contributed by atoms with E-state index in [-0.39, 0.29) is 11.7 Å². The molecule has 0 heterocycles. The van der Waals surface area contributed by atoms with Crippen molar-refractivity contribution in [1.29, 1.82) is 0 Å². The number of aliphatic hydroxyl groups is 1. The predicted octanol–water partition coefficient (Wildman–Crippen LogP) is 1.85. The Morgan fingerprint density at radius 3 is 2.85 bits per heavy atom. The van der Waals surface area contributed by atoms with E-state index in [1.807, 2.05) is 6.08 Å². The van der Waals surface area contributed by atoms with Crippen LogP contribution in [0.4, 0.5) is 0 Å². The van der Waals surface area contributed by atoms with Crippen LogP contribution < -0.4 is 0 Å². The molecule has 2 heteroatoms. The van der Waals surface area contributed by atoms with Crippen LogP contribution in [0.15, 0.2) is 24.3 Å². The summed E-state index contributed by atoms with van der Waals surface area (Å²) in [6.07, 6.45) is 9.36. The van der Waals surface area contributed by atoms with Gasteiger partial charge in [0.2, 0.25) is 0 Å². The van der Waals surface area contributed by atoms with Crippen LogP contribution in [-0.2, 0) is 4.79 Å². The van der Waals surface area contributed by atoms with Gasteiger partial charge in [-0.2, -0.15) is 0 Å². The quantitative estimate of drug-likeness (QED) is 0.670. The smallest absolute Gasteiger partial charge is 0.161 e. The summed E-state index contributed by atoms with van der Waals surface area (Å²) in [5.74, 6) is -0.179. The summed E-state index contributed by atoms with van der Waals surface area (Å²) in [5, 5.41) is 9.37. The van der Waals surface area contributed by atoms with E-state index >= 15 is 0 Å². The molecule has 2 unspecified atom stereocenters. The zero-order chi connectivity index (χ0) is 9.68. The molecular weight excluding hydrogens is 164 g/mol. The van der Waals surface area contributed by atoms with Gasteiger partial charge in [-0.05, 0) is 18.9 Å². The van der Waals surface area contributed by atoms with E-state index in [2.05, 4.69) is 13.0 Å². The highest BCUT2D eigenvalue weighted by atomic mass is 16.3. The van der Waals surface area contributed by atoms with Gasteiger partial charge in [-0.15, -0.1) is 0 Å². The number of aliphatic hydroxyl groups excluding tert-OH is 1. The third-order valence-corrected chi connectivity index (χ3v) is 2.25. The van der Waals surface area contributed by atoms with E-state index in [1.54, 1.807) is 6.08 Å². The van der Waals surface area contributed by atoms with Gasteiger partial charge in [0.1, 0.15) is 0 Å². The third kappa shape index (κ3) is 2.81. The molecule has 0 saturated carbocycles. The summed E-state index contributed by atoms with van der Waals surface area (Å²) < 4.78 is 0. The second-order valence-electron chi connectivity index (χ2n) is 3.35. The summed E-state index contributed by atoms with van der Waals surface area (Å²) in [6.45, 7) is 2.11. The van der Waals surface area contributed by atoms with Crippen molar-refractivity contribution in [3.05, 3.63) is 24.3 Å². The summed E-state index contributed by atoms with van der Waals surface area (Å²) in [5.41, 5.74) is 0. The van der Waals surface area contributed by atoms with Crippen molar-refractivity contribution >= 4 is 5.78 Å². The lowest BCUT2D eigenvalue weighted by Gasteiger charge is -2.09. The van der Waals surface area contributed by atoms with Crippen molar-refractivity contribution in [2.24, 2.45) is 5.92 Å². The van der Waals surface area contributed by atoms with Gasteiger partial charge in [0.15, 0.2) is 5.78 Å². The summed E-state index contributed by atoms with van der Waals surface area (Å²) >= 11 is 0. The van der Waals surface area contributed by atoms with Crippen LogP contribution in [0, 0.1) is 5.92 Å². The number of carbonyl (C=O) groups is 1. The molecule has 0 aromatic carbocycles. The fraction of sp³-hybridized carbons (Fsp3) is 0.545. The Bertz CT molecular complexity index is 228. The van der Waals surface area contributed by atoms with Crippen LogP contribution in [0.2, 0.25) is 0 Å². The molecule has 0 radical (unpaired) electrons. The number of unbranched alkanes of at least 4 members (excludes halogenated alkanes) is 1. The molecule has 0 spiro atoms. The molecule has 2 nitrogen and oxygen atoms in total. The summed E-state index contributed by atoms with van der Waals surface area (Å²) in [4.78, 5) is 11.2. The van der Waals surface area contributed by atoms with Gasteiger partial charge < -0.3 is 5.11 Å². The van der Waals surface area contributed by atoms with E-state index in [1.165, 1.54) is 6.08 Å². The van der Waals surface area contributed by atoms with E-state index in [0.29, 0.717) is 6.42 Å². The molecule has 0 fully saturated rings. The van der Waals surface area contributed by atoms with Gasteiger partial charge in [-0.3, -0.25) is 4.79 Å². The average molecular weight is 180 g/mol. The first kappa shape index (κ1) is 10.2. The second-order valence-corrected chi connectivity index (χ2v) is 3.35. The Kier molecular flexibility index (Phi) is 3.90. The van der Waals surface area contributed by atoms with E-state index in [0.717, 1.165) is 12.8 Å². The zero-order valence-electron chi connectivity index (χ0n) is 7.94. The van der Waals surface area contributed by atoms with Crippen LogP contribution in [0.25, 0.3) is 0 Å². The highest BCUT2D eigenvalue weighted by Gasteiger charge is 2.26. The SMILES string of the molecule is CCC/C=C\CC1C(=O)C=CC1O. The van der Waals surface area contributed by atoms with E-state index < -0.39 is 6.10 Å². The van der Waals surface area contributed by atoms with Crippen LogP contribution in [0.3, 0.4) is 0 Å². The molecule has 1 N–H and O–H groups in total. The van der Waals surface area contributed by atoms with Crippen molar-refractivity contribution in [2.45, 2.75) is 32.3 Å². The Balaban J connectivity index is 2.33. The topological polar surface area (TPSA) is 37.3 Å². The van der Waals surface area contributed by atoms with Crippen LogP contribution in [0.5, 0.6) is 0 Å². The number of carbonyl (C=O) groups excluding carboxylic acids is 1. The van der Waals surface area contributed by atoms with Gasteiger partial charge in [0.25, 0.3) is 0 Å². The maximum absolute atomic E-state index is 11.2. The molecule has 0 aromatic heterocycles. The number of rotatable bonds is 4. The lowest BCUT2D eigenvalue weighted by atomic mass is 9.99. The minimum absolute atomic E-state index is 0.0497. The minimum atomic E-state index is -0.571. The molecule has 2 atom stereocenters. The largest absolute Gasteiger partial charge is 0.388 e. The molecule has 0 aliphatic heterocycles. The fourth-order valence-corrected chi connectivity index (χ4v) is 1.40. The lowest BCUT2D eigenvalue weighted by Crippen LogP contribution is -2.18. The third-order valence-electron chi connectivity index (χ3n) is 2.25. The Morgan fingerprint density at radius 1 is 1.54 bits per heavy atom. The molecule has 0 saturated heterocycles. The number of allylic oxidation sites excluding steroid dienone is 3. The maximum Gasteiger partial charge on any atom is 0.161 e. The number of ketones is 1. The Hall–Kier alpha value is -0.890. The molecular formula is C11H16O2. The van der Waals surface area contributed by atoms with Crippen LogP contribution in [0.1, 0.15) is 26.2 Å². The Labute approximate surface area is 79.0 Å². The van der Waals surface area contributed by atoms with Gasteiger partial charge >= 0.3 is 0 Å². The molecule has 0 bridgehead atoms. The Morgan fingerprint density at radius 2 is 2.31 bits per heavy atom. The average Bonchev–Trinajstić information content (AvgIpc) is 2.42. The monoisotopic (exact) mass is 180 g/mol. The predicted molar refractivity (Wildman–Crippen MR) is 52.3 cm³/mol. The van der Waals surface area contributed by atoms with Crippen LogP contribution in [-0.4, -0.2) is 17.0 Å². The second kappa shape index (κ2) is 4.97.